The lowest BCUT2D eigenvalue weighted by atomic mass is 10.0. The molecule has 1 atom stereocenters. The van der Waals surface area contributed by atoms with Gasteiger partial charge in [-0.3, -0.25) is 4.79 Å². The number of pyridine rings is 1. The maximum atomic E-state index is 11.9. The van der Waals surface area contributed by atoms with Crippen molar-refractivity contribution in [2.24, 2.45) is 0 Å². The molecule has 1 heterocycles. The lowest BCUT2D eigenvalue weighted by Gasteiger charge is -2.21. The summed E-state index contributed by atoms with van der Waals surface area (Å²) in [7, 11) is 0. The van der Waals surface area contributed by atoms with Crippen LogP contribution in [0.5, 0.6) is 0 Å². The van der Waals surface area contributed by atoms with Crippen molar-refractivity contribution >= 4 is 10.9 Å². The van der Waals surface area contributed by atoms with Gasteiger partial charge in [-0.05, 0) is 30.9 Å². The smallest absolute Gasteiger partial charge is 0.252 e. The zero-order chi connectivity index (χ0) is 13.9. The minimum atomic E-state index is -0.733. The predicted octanol–water partition coefficient (Wildman–Crippen LogP) is 1.78. The number of fused-ring (bicyclic) bond motifs is 1. The number of aliphatic hydroxyl groups is 1. The molecule has 0 aliphatic rings. The summed E-state index contributed by atoms with van der Waals surface area (Å²) in [6, 6.07) is 9.59. The van der Waals surface area contributed by atoms with Crippen LogP contribution >= 0.6 is 0 Å². The molecule has 2 aromatic rings. The molecule has 0 aliphatic heterocycles. The number of para-hydroxylation sites is 1. The van der Waals surface area contributed by atoms with Gasteiger partial charge in [-0.25, -0.2) is 0 Å². The van der Waals surface area contributed by atoms with E-state index in [9.17, 15) is 9.90 Å². The van der Waals surface area contributed by atoms with Crippen molar-refractivity contribution in [3.63, 3.8) is 0 Å². The molecule has 0 amide bonds. The molecule has 102 valence electrons. The quantitative estimate of drug-likeness (QED) is 0.767. The van der Waals surface area contributed by atoms with Gasteiger partial charge in [-0.2, -0.15) is 0 Å². The topological polar surface area (TPSA) is 65.1 Å². The van der Waals surface area contributed by atoms with E-state index in [0.29, 0.717) is 25.1 Å². The number of aromatic nitrogens is 1. The summed E-state index contributed by atoms with van der Waals surface area (Å²) >= 11 is 0. The molecule has 0 saturated heterocycles. The summed E-state index contributed by atoms with van der Waals surface area (Å²) in [5, 5.41) is 14.0. The van der Waals surface area contributed by atoms with Crippen molar-refractivity contribution in [3.8, 4) is 0 Å². The first-order chi connectivity index (χ1) is 9.02. The van der Waals surface area contributed by atoms with E-state index in [1.54, 1.807) is 6.92 Å². The van der Waals surface area contributed by atoms with Gasteiger partial charge in [-0.1, -0.05) is 25.1 Å². The average molecular weight is 260 g/mol. The molecule has 3 N–H and O–H groups in total. The molecular formula is C15H20N2O2. The monoisotopic (exact) mass is 260 g/mol. The molecule has 1 aromatic heterocycles. The van der Waals surface area contributed by atoms with Crippen molar-refractivity contribution in [2.75, 3.05) is 6.54 Å². The van der Waals surface area contributed by atoms with E-state index in [4.69, 9.17) is 0 Å². The molecule has 4 heteroatoms. The van der Waals surface area contributed by atoms with Crippen LogP contribution in [0.2, 0.25) is 0 Å². The Kier molecular flexibility index (Phi) is 4.02. The third-order valence-corrected chi connectivity index (χ3v) is 3.41. The van der Waals surface area contributed by atoms with Crippen LogP contribution in [0.3, 0.4) is 0 Å². The van der Waals surface area contributed by atoms with Gasteiger partial charge in [0.25, 0.3) is 5.56 Å². The van der Waals surface area contributed by atoms with Gasteiger partial charge in [0.05, 0.1) is 5.60 Å². The predicted molar refractivity (Wildman–Crippen MR) is 77.2 cm³/mol. The summed E-state index contributed by atoms with van der Waals surface area (Å²) in [6.07, 6.45) is 0.675. The summed E-state index contributed by atoms with van der Waals surface area (Å²) in [5.74, 6) is 0. The fourth-order valence-electron chi connectivity index (χ4n) is 1.92. The van der Waals surface area contributed by atoms with Crippen molar-refractivity contribution in [1.29, 1.82) is 0 Å². The van der Waals surface area contributed by atoms with Gasteiger partial charge in [0.15, 0.2) is 0 Å². The molecule has 0 radical (unpaired) electrons. The molecule has 0 spiro atoms. The second-order valence-electron chi connectivity index (χ2n) is 5.16. The SMILES string of the molecule is CCC(C)(O)CNCc1cc2ccccc2[nH]c1=O. The summed E-state index contributed by atoms with van der Waals surface area (Å²) < 4.78 is 0. The van der Waals surface area contributed by atoms with Gasteiger partial charge in [0.1, 0.15) is 0 Å². The van der Waals surface area contributed by atoms with Crippen LogP contribution in [0.15, 0.2) is 35.1 Å². The Morgan fingerprint density at radius 1 is 1.37 bits per heavy atom. The van der Waals surface area contributed by atoms with E-state index in [-0.39, 0.29) is 5.56 Å². The molecule has 2 rings (SSSR count). The largest absolute Gasteiger partial charge is 0.389 e. The van der Waals surface area contributed by atoms with Crippen LogP contribution in [0.4, 0.5) is 0 Å². The zero-order valence-corrected chi connectivity index (χ0v) is 11.4. The van der Waals surface area contributed by atoms with Gasteiger partial charge in [0.2, 0.25) is 0 Å². The first-order valence-electron chi connectivity index (χ1n) is 6.56. The van der Waals surface area contributed by atoms with Gasteiger partial charge >= 0.3 is 0 Å². The van der Waals surface area contributed by atoms with Crippen LogP contribution in [-0.4, -0.2) is 22.2 Å². The third kappa shape index (κ3) is 3.43. The van der Waals surface area contributed by atoms with Crippen LogP contribution in [0.25, 0.3) is 10.9 Å². The van der Waals surface area contributed by atoms with Crippen molar-refractivity contribution in [1.82, 2.24) is 10.3 Å². The maximum absolute atomic E-state index is 11.9. The van der Waals surface area contributed by atoms with Gasteiger partial charge in [-0.15, -0.1) is 0 Å². The molecule has 0 bridgehead atoms. The number of aromatic amines is 1. The second-order valence-corrected chi connectivity index (χ2v) is 5.16. The van der Waals surface area contributed by atoms with Gasteiger partial charge < -0.3 is 15.4 Å². The Balaban J connectivity index is 2.13. The number of benzene rings is 1. The van der Waals surface area contributed by atoms with Crippen LogP contribution in [0.1, 0.15) is 25.8 Å². The molecule has 1 aromatic carbocycles. The fourth-order valence-corrected chi connectivity index (χ4v) is 1.92. The number of H-pyrrole nitrogens is 1. The number of hydrogen-bond donors (Lipinski definition) is 3. The third-order valence-electron chi connectivity index (χ3n) is 3.41. The summed E-state index contributed by atoms with van der Waals surface area (Å²) in [4.78, 5) is 14.8. The number of nitrogens with one attached hydrogen (secondary N) is 2. The molecular weight excluding hydrogens is 240 g/mol. The Labute approximate surface area is 112 Å². The van der Waals surface area contributed by atoms with E-state index in [1.165, 1.54) is 0 Å². The highest BCUT2D eigenvalue weighted by Gasteiger charge is 2.16. The molecule has 0 aliphatic carbocycles. The zero-order valence-electron chi connectivity index (χ0n) is 11.4. The van der Waals surface area contributed by atoms with E-state index < -0.39 is 5.60 Å². The molecule has 0 fully saturated rings. The van der Waals surface area contributed by atoms with Crippen molar-refractivity contribution < 1.29 is 5.11 Å². The van der Waals surface area contributed by atoms with Crippen LogP contribution < -0.4 is 10.9 Å². The summed E-state index contributed by atoms with van der Waals surface area (Å²) in [6.45, 7) is 4.64. The first-order valence-corrected chi connectivity index (χ1v) is 6.56. The minimum Gasteiger partial charge on any atom is -0.389 e. The minimum absolute atomic E-state index is 0.0812. The Bertz CT molecular complexity index is 617. The Morgan fingerprint density at radius 2 is 2.11 bits per heavy atom. The molecule has 19 heavy (non-hydrogen) atoms. The lowest BCUT2D eigenvalue weighted by molar-refractivity contribution is 0.0555. The average Bonchev–Trinajstić information content (AvgIpc) is 2.39. The normalized spacial score (nSPS) is 14.5. The van der Waals surface area contributed by atoms with E-state index in [0.717, 1.165) is 10.9 Å². The summed E-state index contributed by atoms with van der Waals surface area (Å²) in [5.41, 5.74) is 0.716. The number of rotatable bonds is 5. The number of hydrogen-bond acceptors (Lipinski definition) is 3. The second kappa shape index (κ2) is 5.55. The lowest BCUT2D eigenvalue weighted by Crippen LogP contribution is -2.37. The van der Waals surface area contributed by atoms with Crippen molar-refractivity contribution in [3.05, 3.63) is 46.2 Å². The molecule has 0 saturated carbocycles. The highest BCUT2D eigenvalue weighted by Crippen LogP contribution is 2.10. The molecule has 4 nitrogen and oxygen atoms in total. The van der Waals surface area contributed by atoms with Gasteiger partial charge in [0, 0.05) is 24.2 Å². The van der Waals surface area contributed by atoms with E-state index in [1.807, 2.05) is 37.3 Å². The standard InChI is InChI=1S/C15H20N2O2/c1-3-15(2,19)10-16-9-12-8-11-6-4-5-7-13(11)17-14(12)18/h4-8,16,19H,3,9-10H2,1-2H3,(H,17,18). The van der Waals surface area contributed by atoms with E-state index in [2.05, 4.69) is 10.3 Å². The highest BCUT2D eigenvalue weighted by atomic mass is 16.3. The Hall–Kier alpha value is -1.65. The van der Waals surface area contributed by atoms with E-state index >= 15 is 0 Å². The molecule has 1 unspecified atom stereocenters. The highest BCUT2D eigenvalue weighted by molar-refractivity contribution is 5.78. The Morgan fingerprint density at radius 3 is 2.84 bits per heavy atom. The first kappa shape index (κ1) is 13.8. The van der Waals surface area contributed by atoms with Crippen molar-refractivity contribution in [2.45, 2.75) is 32.4 Å². The van der Waals surface area contributed by atoms with Crippen LogP contribution in [-0.2, 0) is 6.54 Å². The van der Waals surface area contributed by atoms with Crippen LogP contribution in [0, 0.1) is 0 Å². The maximum Gasteiger partial charge on any atom is 0.252 e. The fraction of sp³-hybridized carbons (Fsp3) is 0.400.